The zero-order valence-corrected chi connectivity index (χ0v) is 14.3. The molecular weight excluding hydrogens is 315 g/mol. The molecule has 0 amide bonds. The van der Waals surface area contributed by atoms with Crippen LogP contribution in [0.25, 0.3) is 11.9 Å². The molecule has 2 aromatic rings. The summed E-state index contributed by atoms with van der Waals surface area (Å²) in [6, 6.07) is 8.95. The lowest BCUT2D eigenvalue weighted by Crippen LogP contribution is -2.28. The first kappa shape index (κ1) is 17.3. The molecule has 1 aromatic heterocycles. The van der Waals surface area contributed by atoms with Gasteiger partial charge in [0.25, 0.3) is 0 Å². The SMILES string of the molecule is COC(=O)C(C)(C)Sc1ccc(C=C(F)c2cc(C)[nH]n2)cc1. The van der Waals surface area contributed by atoms with Crippen LogP contribution in [-0.4, -0.2) is 28.0 Å². The lowest BCUT2D eigenvalue weighted by Gasteiger charge is -2.20. The number of rotatable bonds is 5. The first-order chi connectivity index (χ1) is 10.8. The fraction of sp³-hybridized carbons (Fsp3) is 0.294. The average Bonchev–Trinajstić information content (AvgIpc) is 2.94. The lowest BCUT2D eigenvalue weighted by atomic mass is 10.2. The van der Waals surface area contributed by atoms with E-state index in [-0.39, 0.29) is 11.7 Å². The zero-order chi connectivity index (χ0) is 17.0. The summed E-state index contributed by atoms with van der Waals surface area (Å²) in [7, 11) is 1.37. The summed E-state index contributed by atoms with van der Waals surface area (Å²) in [6.07, 6.45) is 1.43. The smallest absolute Gasteiger partial charge is 0.321 e. The van der Waals surface area contributed by atoms with Crippen molar-refractivity contribution >= 4 is 29.6 Å². The Morgan fingerprint density at radius 2 is 2.00 bits per heavy atom. The number of hydrogen-bond acceptors (Lipinski definition) is 4. The fourth-order valence-corrected chi connectivity index (χ4v) is 3.00. The molecule has 0 aliphatic rings. The number of benzene rings is 1. The van der Waals surface area contributed by atoms with E-state index in [1.165, 1.54) is 24.9 Å². The van der Waals surface area contributed by atoms with Crippen LogP contribution in [0, 0.1) is 6.92 Å². The molecule has 0 atom stereocenters. The number of aromatic nitrogens is 2. The summed E-state index contributed by atoms with van der Waals surface area (Å²) in [5, 5.41) is 6.59. The van der Waals surface area contributed by atoms with E-state index >= 15 is 0 Å². The van der Waals surface area contributed by atoms with Crippen molar-refractivity contribution < 1.29 is 13.9 Å². The van der Waals surface area contributed by atoms with Crippen LogP contribution < -0.4 is 0 Å². The first-order valence-electron chi connectivity index (χ1n) is 7.09. The molecule has 0 aliphatic heterocycles. The Balaban J connectivity index is 2.12. The van der Waals surface area contributed by atoms with Crippen molar-refractivity contribution in [2.24, 2.45) is 0 Å². The van der Waals surface area contributed by atoms with E-state index in [4.69, 9.17) is 4.74 Å². The molecule has 122 valence electrons. The summed E-state index contributed by atoms with van der Waals surface area (Å²) in [5.74, 6) is -0.684. The third-order valence-electron chi connectivity index (χ3n) is 3.17. The summed E-state index contributed by atoms with van der Waals surface area (Å²) in [5.41, 5.74) is 1.82. The summed E-state index contributed by atoms with van der Waals surface area (Å²) in [6.45, 7) is 5.42. The minimum Gasteiger partial charge on any atom is -0.468 e. The highest BCUT2D eigenvalue weighted by molar-refractivity contribution is 8.01. The number of nitrogens with zero attached hydrogens (tertiary/aromatic N) is 1. The predicted molar refractivity (Wildman–Crippen MR) is 90.7 cm³/mol. The van der Waals surface area contributed by atoms with Crippen molar-refractivity contribution in [3.05, 3.63) is 47.3 Å². The fourth-order valence-electron chi connectivity index (χ4n) is 1.97. The Kier molecular flexibility index (Phi) is 5.26. The van der Waals surface area contributed by atoms with Gasteiger partial charge in [-0.2, -0.15) is 5.10 Å². The van der Waals surface area contributed by atoms with E-state index < -0.39 is 10.6 Å². The molecule has 0 saturated heterocycles. The van der Waals surface area contributed by atoms with Gasteiger partial charge in [0.05, 0.1) is 7.11 Å². The Bertz CT molecular complexity index is 720. The maximum Gasteiger partial charge on any atom is 0.321 e. The second-order valence-corrected chi connectivity index (χ2v) is 7.30. The third kappa shape index (κ3) is 4.45. The van der Waals surface area contributed by atoms with Gasteiger partial charge < -0.3 is 4.74 Å². The number of carbonyl (C=O) groups excluding carboxylic acids is 1. The minimum atomic E-state index is -0.677. The number of hydrogen-bond donors (Lipinski definition) is 1. The van der Waals surface area contributed by atoms with Crippen LogP contribution >= 0.6 is 11.8 Å². The van der Waals surface area contributed by atoms with E-state index in [0.717, 1.165) is 16.2 Å². The Morgan fingerprint density at radius 3 is 2.52 bits per heavy atom. The number of ether oxygens (including phenoxy) is 1. The van der Waals surface area contributed by atoms with Gasteiger partial charge in [0.2, 0.25) is 0 Å². The van der Waals surface area contributed by atoms with E-state index in [0.29, 0.717) is 0 Å². The number of carbonyl (C=O) groups is 1. The number of nitrogens with one attached hydrogen (secondary N) is 1. The van der Waals surface area contributed by atoms with Gasteiger partial charge in [-0.1, -0.05) is 12.1 Å². The molecule has 0 bridgehead atoms. The van der Waals surface area contributed by atoms with E-state index in [1.54, 1.807) is 32.0 Å². The van der Waals surface area contributed by atoms with E-state index in [2.05, 4.69) is 10.2 Å². The molecule has 6 heteroatoms. The van der Waals surface area contributed by atoms with Crippen molar-refractivity contribution in [3.63, 3.8) is 0 Å². The van der Waals surface area contributed by atoms with Crippen molar-refractivity contribution in [3.8, 4) is 0 Å². The average molecular weight is 334 g/mol. The molecule has 2 rings (SSSR count). The quantitative estimate of drug-likeness (QED) is 0.657. The Morgan fingerprint density at radius 1 is 1.35 bits per heavy atom. The highest BCUT2D eigenvalue weighted by Crippen LogP contribution is 2.33. The summed E-state index contributed by atoms with van der Waals surface area (Å²) < 4.78 is 18.2. The molecule has 0 spiro atoms. The van der Waals surface area contributed by atoms with Crippen molar-refractivity contribution in [1.82, 2.24) is 10.2 Å². The number of aromatic amines is 1. The van der Waals surface area contributed by atoms with Gasteiger partial charge in [0.15, 0.2) is 5.83 Å². The van der Waals surface area contributed by atoms with Crippen molar-refractivity contribution in [2.45, 2.75) is 30.4 Å². The Hall–Kier alpha value is -2.08. The molecule has 0 radical (unpaired) electrons. The van der Waals surface area contributed by atoms with Crippen LogP contribution in [0.5, 0.6) is 0 Å². The van der Waals surface area contributed by atoms with Gasteiger partial charge in [-0.05, 0) is 50.6 Å². The first-order valence-corrected chi connectivity index (χ1v) is 7.90. The normalized spacial score (nSPS) is 12.3. The molecule has 1 heterocycles. The van der Waals surface area contributed by atoms with Gasteiger partial charge in [-0.3, -0.25) is 9.89 Å². The molecule has 1 N–H and O–H groups in total. The van der Waals surface area contributed by atoms with Crippen molar-refractivity contribution in [2.75, 3.05) is 7.11 Å². The number of methoxy groups -OCH3 is 1. The molecular formula is C17H19FN2O2S. The van der Waals surface area contributed by atoms with Crippen LogP contribution in [-0.2, 0) is 9.53 Å². The number of halogens is 1. The lowest BCUT2D eigenvalue weighted by molar-refractivity contribution is -0.142. The minimum absolute atomic E-state index is 0.285. The molecule has 23 heavy (non-hydrogen) atoms. The predicted octanol–water partition coefficient (Wildman–Crippen LogP) is 4.23. The molecule has 0 aliphatic carbocycles. The van der Waals surface area contributed by atoms with Gasteiger partial charge >= 0.3 is 5.97 Å². The maximum absolute atomic E-state index is 14.1. The third-order valence-corrected chi connectivity index (χ3v) is 4.36. The topological polar surface area (TPSA) is 55.0 Å². The number of aryl methyl sites for hydroxylation is 1. The maximum atomic E-state index is 14.1. The van der Waals surface area contributed by atoms with Crippen LogP contribution in [0.15, 0.2) is 35.2 Å². The van der Waals surface area contributed by atoms with Crippen molar-refractivity contribution in [1.29, 1.82) is 0 Å². The van der Waals surface area contributed by atoms with Gasteiger partial charge in [-0.15, -0.1) is 11.8 Å². The van der Waals surface area contributed by atoms with Crippen LogP contribution in [0.4, 0.5) is 4.39 Å². The van der Waals surface area contributed by atoms with Gasteiger partial charge in [0.1, 0.15) is 10.4 Å². The molecule has 0 saturated carbocycles. The van der Waals surface area contributed by atoms with Crippen LogP contribution in [0.3, 0.4) is 0 Å². The van der Waals surface area contributed by atoms with E-state index in [9.17, 15) is 9.18 Å². The monoisotopic (exact) mass is 334 g/mol. The standard InChI is InChI=1S/C17H19FN2O2S/c1-11-9-15(20-19-11)14(18)10-12-5-7-13(8-6-12)23-17(2,3)16(21)22-4/h5-10H,1-4H3,(H,19,20). The largest absolute Gasteiger partial charge is 0.468 e. The highest BCUT2D eigenvalue weighted by atomic mass is 32.2. The molecule has 1 aromatic carbocycles. The van der Waals surface area contributed by atoms with Gasteiger partial charge in [0, 0.05) is 10.6 Å². The molecule has 4 nitrogen and oxygen atoms in total. The number of H-pyrrole nitrogens is 1. The number of thioether (sulfide) groups is 1. The van der Waals surface area contributed by atoms with Gasteiger partial charge in [-0.25, -0.2) is 4.39 Å². The van der Waals surface area contributed by atoms with Crippen LogP contribution in [0.2, 0.25) is 0 Å². The number of esters is 1. The zero-order valence-electron chi connectivity index (χ0n) is 13.5. The Labute approximate surface area is 139 Å². The van der Waals surface area contributed by atoms with E-state index in [1.807, 2.05) is 19.1 Å². The molecule has 0 fully saturated rings. The molecule has 0 unspecified atom stereocenters. The second-order valence-electron chi connectivity index (χ2n) is 5.60. The summed E-state index contributed by atoms with van der Waals surface area (Å²) >= 11 is 1.40. The second kappa shape index (κ2) is 7.00. The van der Waals surface area contributed by atoms with Crippen LogP contribution in [0.1, 0.15) is 30.8 Å². The summed E-state index contributed by atoms with van der Waals surface area (Å²) in [4.78, 5) is 12.6. The highest BCUT2D eigenvalue weighted by Gasteiger charge is 2.29.